The van der Waals surface area contributed by atoms with Crippen molar-refractivity contribution in [1.29, 1.82) is 0 Å². The lowest BCUT2D eigenvalue weighted by atomic mass is 10.1. The first-order valence-corrected chi connectivity index (χ1v) is 7.42. The van der Waals surface area contributed by atoms with Crippen molar-refractivity contribution in [1.82, 2.24) is 9.55 Å². The molecule has 0 unspecified atom stereocenters. The zero-order valence-corrected chi connectivity index (χ0v) is 12.2. The molecule has 0 N–H and O–H groups in total. The van der Waals surface area contributed by atoms with Gasteiger partial charge in [0, 0.05) is 23.7 Å². The Morgan fingerprint density at radius 3 is 2.89 bits per heavy atom. The van der Waals surface area contributed by atoms with Crippen molar-refractivity contribution in [3.63, 3.8) is 0 Å². The Bertz CT molecular complexity index is 563. The topological polar surface area (TPSA) is 27.1 Å². The highest BCUT2D eigenvalue weighted by molar-refractivity contribution is 9.10. The number of benzene rings is 1. The number of alkyl halides is 1. The van der Waals surface area contributed by atoms with Crippen LogP contribution in [-0.4, -0.2) is 22.8 Å². The number of hydrogen-bond donors (Lipinski definition) is 0. The van der Waals surface area contributed by atoms with Gasteiger partial charge < -0.3 is 9.30 Å². The van der Waals surface area contributed by atoms with Gasteiger partial charge in [-0.25, -0.2) is 4.98 Å². The molecule has 0 bridgehead atoms. The molecule has 3 rings (SSSR count). The third kappa shape index (κ3) is 2.17. The van der Waals surface area contributed by atoms with Gasteiger partial charge in [-0.1, -0.05) is 15.9 Å². The molecule has 3 nitrogen and oxygen atoms in total. The molecule has 0 atom stereocenters. The number of imidazole rings is 1. The Morgan fingerprint density at radius 2 is 2.17 bits per heavy atom. The summed E-state index contributed by atoms with van der Waals surface area (Å²) in [5.41, 5.74) is 2.17. The average Bonchev–Trinajstić information content (AvgIpc) is 2.77. The molecule has 5 heteroatoms. The van der Waals surface area contributed by atoms with E-state index in [1.165, 1.54) is 0 Å². The fraction of sp³-hybridized carbons (Fsp3) is 0.462. The number of fused-ring (bicyclic) bond motifs is 1. The minimum atomic E-state index is 0.448. The van der Waals surface area contributed by atoms with Crippen LogP contribution in [0.1, 0.15) is 24.7 Å². The standard InChI is InChI=1S/C13H14BrClN2O/c14-9-1-2-11-12(7-9)17(13(8-15)16-11)10-3-5-18-6-4-10/h1-2,7,10H,3-6,8H2. The molecule has 18 heavy (non-hydrogen) atoms. The lowest BCUT2D eigenvalue weighted by Crippen LogP contribution is -2.20. The average molecular weight is 330 g/mol. The van der Waals surface area contributed by atoms with Crippen LogP contribution in [0.15, 0.2) is 22.7 Å². The first-order valence-electron chi connectivity index (χ1n) is 6.09. The van der Waals surface area contributed by atoms with Crippen LogP contribution in [0.25, 0.3) is 11.0 Å². The van der Waals surface area contributed by atoms with Crippen molar-refractivity contribution in [2.24, 2.45) is 0 Å². The van der Waals surface area contributed by atoms with Gasteiger partial charge in [0.2, 0.25) is 0 Å². The minimum Gasteiger partial charge on any atom is -0.381 e. The van der Waals surface area contributed by atoms with Crippen LogP contribution in [0.2, 0.25) is 0 Å². The van der Waals surface area contributed by atoms with Gasteiger partial charge in [0.05, 0.1) is 16.9 Å². The van der Waals surface area contributed by atoms with E-state index in [4.69, 9.17) is 16.3 Å². The molecule has 1 aliphatic rings. The van der Waals surface area contributed by atoms with Crippen molar-refractivity contribution in [2.45, 2.75) is 24.8 Å². The SMILES string of the molecule is ClCc1nc2ccc(Br)cc2n1C1CCOCC1. The van der Waals surface area contributed by atoms with E-state index in [2.05, 4.69) is 31.5 Å². The second-order valence-corrected chi connectivity index (χ2v) is 5.69. The van der Waals surface area contributed by atoms with Crippen LogP contribution in [0.3, 0.4) is 0 Å². The quantitative estimate of drug-likeness (QED) is 0.782. The summed E-state index contributed by atoms with van der Waals surface area (Å²) >= 11 is 9.56. The van der Waals surface area contributed by atoms with Gasteiger partial charge in [-0.3, -0.25) is 0 Å². The lowest BCUT2D eigenvalue weighted by Gasteiger charge is -2.25. The number of halogens is 2. The Balaban J connectivity index is 2.14. The van der Waals surface area contributed by atoms with Crippen LogP contribution in [-0.2, 0) is 10.6 Å². The van der Waals surface area contributed by atoms with Crippen LogP contribution in [0, 0.1) is 0 Å². The molecule has 0 spiro atoms. The summed E-state index contributed by atoms with van der Waals surface area (Å²) in [6.45, 7) is 1.64. The molecule has 0 saturated carbocycles. The third-order valence-corrected chi connectivity index (χ3v) is 4.13. The van der Waals surface area contributed by atoms with Crippen molar-refractivity contribution in [3.8, 4) is 0 Å². The van der Waals surface area contributed by atoms with Crippen molar-refractivity contribution in [3.05, 3.63) is 28.5 Å². The highest BCUT2D eigenvalue weighted by atomic mass is 79.9. The molecule has 2 aromatic rings. The number of rotatable bonds is 2. The van der Waals surface area contributed by atoms with Gasteiger partial charge >= 0.3 is 0 Å². The molecule has 2 heterocycles. The molecule has 0 amide bonds. The first-order chi connectivity index (χ1) is 8.79. The second kappa shape index (κ2) is 5.19. The Kier molecular flexibility index (Phi) is 3.59. The van der Waals surface area contributed by atoms with E-state index < -0.39 is 0 Å². The molecular formula is C13H14BrClN2O. The summed E-state index contributed by atoms with van der Waals surface area (Å²) in [7, 11) is 0. The van der Waals surface area contributed by atoms with E-state index in [1.54, 1.807) is 0 Å². The molecule has 1 aromatic heterocycles. The number of nitrogens with zero attached hydrogens (tertiary/aromatic N) is 2. The first kappa shape index (κ1) is 12.5. The summed E-state index contributed by atoms with van der Waals surface area (Å²) in [5, 5.41) is 0. The second-order valence-electron chi connectivity index (χ2n) is 4.51. The third-order valence-electron chi connectivity index (χ3n) is 3.40. The summed E-state index contributed by atoms with van der Waals surface area (Å²) in [6.07, 6.45) is 2.06. The highest BCUT2D eigenvalue weighted by Crippen LogP contribution is 2.30. The maximum atomic E-state index is 6.04. The van der Waals surface area contributed by atoms with Crippen LogP contribution in [0.4, 0.5) is 0 Å². The predicted molar refractivity (Wildman–Crippen MR) is 76.1 cm³/mol. The van der Waals surface area contributed by atoms with Gasteiger partial charge in [-0.2, -0.15) is 0 Å². The van der Waals surface area contributed by atoms with E-state index in [1.807, 2.05) is 12.1 Å². The summed E-state index contributed by atoms with van der Waals surface area (Å²) in [6, 6.07) is 6.62. The molecule has 1 aromatic carbocycles. The van der Waals surface area contributed by atoms with E-state index in [-0.39, 0.29) is 0 Å². The fourth-order valence-corrected chi connectivity index (χ4v) is 3.10. The van der Waals surface area contributed by atoms with Gasteiger partial charge in [-0.05, 0) is 31.0 Å². The van der Waals surface area contributed by atoms with Crippen molar-refractivity contribution >= 4 is 38.6 Å². The van der Waals surface area contributed by atoms with Gasteiger partial charge in [-0.15, -0.1) is 11.6 Å². The number of aromatic nitrogens is 2. The Hall–Kier alpha value is -0.580. The molecule has 0 radical (unpaired) electrons. The smallest absolute Gasteiger partial charge is 0.125 e. The molecule has 96 valence electrons. The summed E-state index contributed by atoms with van der Waals surface area (Å²) in [4.78, 5) is 4.62. The maximum Gasteiger partial charge on any atom is 0.125 e. The van der Waals surface area contributed by atoms with Crippen LogP contribution < -0.4 is 0 Å². The maximum absolute atomic E-state index is 6.04. The number of hydrogen-bond acceptors (Lipinski definition) is 2. The largest absolute Gasteiger partial charge is 0.381 e. The van der Waals surface area contributed by atoms with E-state index >= 15 is 0 Å². The summed E-state index contributed by atoms with van der Waals surface area (Å²) < 4.78 is 8.79. The van der Waals surface area contributed by atoms with E-state index in [9.17, 15) is 0 Å². The van der Waals surface area contributed by atoms with Gasteiger partial charge in [0.1, 0.15) is 5.82 Å². The lowest BCUT2D eigenvalue weighted by molar-refractivity contribution is 0.0700. The normalized spacial score (nSPS) is 17.4. The molecule has 1 saturated heterocycles. The van der Waals surface area contributed by atoms with E-state index in [0.29, 0.717) is 11.9 Å². The molecule has 1 aliphatic heterocycles. The van der Waals surface area contributed by atoms with Crippen LogP contribution >= 0.6 is 27.5 Å². The molecule has 0 aliphatic carbocycles. The molecule has 1 fully saturated rings. The van der Waals surface area contributed by atoms with E-state index in [0.717, 1.165) is 47.4 Å². The fourth-order valence-electron chi connectivity index (χ4n) is 2.56. The predicted octanol–water partition coefficient (Wildman–Crippen LogP) is 3.89. The zero-order chi connectivity index (χ0) is 12.5. The van der Waals surface area contributed by atoms with Crippen molar-refractivity contribution < 1.29 is 4.74 Å². The van der Waals surface area contributed by atoms with Crippen LogP contribution in [0.5, 0.6) is 0 Å². The van der Waals surface area contributed by atoms with Gasteiger partial charge in [0.25, 0.3) is 0 Å². The molecular weight excluding hydrogens is 316 g/mol. The van der Waals surface area contributed by atoms with Crippen molar-refractivity contribution in [2.75, 3.05) is 13.2 Å². The zero-order valence-electron chi connectivity index (χ0n) is 9.90. The Morgan fingerprint density at radius 1 is 1.39 bits per heavy atom. The monoisotopic (exact) mass is 328 g/mol. The Labute approximate surface area is 119 Å². The minimum absolute atomic E-state index is 0.448. The van der Waals surface area contributed by atoms with Gasteiger partial charge in [0.15, 0.2) is 0 Å². The number of ether oxygens (including phenoxy) is 1. The summed E-state index contributed by atoms with van der Waals surface area (Å²) in [5.74, 6) is 1.40. The highest BCUT2D eigenvalue weighted by Gasteiger charge is 2.21.